The Bertz CT molecular complexity index is 995. The largest absolute Gasteiger partial charge is 0.505 e. The summed E-state index contributed by atoms with van der Waals surface area (Å²) in [5.41, 5.74) is 1.39. The number of aryl methyl sites for hydroxylation is 1. The summed E-state index contributed by atoms with van der Waals surface area (Å²) >= 11 is 0. The fourth-order valence-electron chi connectivity index (χ4n) is 3.31. The Balaban J connectivity index is 1.50. The van der Waals surface area contributed by atoms with E-state index in [0.717, 1.165) is 37.0 Å². The van der Waals surface area contributed by atoms with Gasteiger partial charge in [-0.3, -0.25) is 9.48 Å². The molecule has 0 saturated carbocycles. The summed E-state index contributed by atoms with van der Waals surface area (Å²) in [4.78, 5) is 16.3. The van der Waals surface area contributed by atoms with Crippen LogP contribution >= 0.6 is 0 Å². The van der Waals surface area contributed by atoms with Gasteiger partial charge in [0.25, 0.3) is 5.91 Å². The van der Waals surface area contributed by atoms with E-state index in [9.17, 15) is 9.90 Å². The topological polar surface area (TPSA) is 98.5 Å². The Morgan fingerprint density at radius 1 is 1.43 bits per heavy atom. The number of nitrogens with one attached hydrogen (secondary N) is 1. The highest BCUT2D eigenvalue weighted by Crippen LogP contribution is 2.28. The molecule has 1 fully saturated rings. The Labute approximate surface area is 162 Å². The normalized spacial score (nSPS) is 16.8. The van der Waals surface area contributed by atoms with Crippen molar-refractivity contribution in [2.75, 3.05) is 25.1 Å². The van der Waals surface area contributed by atoms with Crippen molar-refractivity contribution in [1.29, 1.82) is 0 Å². The molecule has 2 aromatic heterocycles. The molecule has 0 spiro atoms. The van der Waals surface area contributed by atoms with Crippen molar-refractivity contribution < 1.29 is 19.4 Å². The minimum atomic E-state index is -0.478. The van der Waals surface area contributed by atoms with Crippen molar-refractivity contribution >= 4 is 22.5 Å². The molecule has 1 amide bonds. The molecule has 1 unspecified atom stereocenters. The highest BCUT2D eigenvalue weighted by atomic mass is 16.5. The smallest absolute Gasteiger partial charge is 0.278 e. The lowest BCUT2D eigenvalue weighted by molar-refractivity contribution is 0.0346. The molecule has 2 N–H and O–H groups in total. The number of aromatic hydroxyl groups is 1. The molecule has 1 aliphatic rings. The van der Waals surface area contributed by atoms with Gasteiger partial charge in [-0.05, 0) is 43.2 Å². The van der Waals surface area contributed by atoms with Crippen LogP contribution in [0, 0.1) is 5.92 Å². The van der Waals surface area contributed by atoms with Gasteiger partial charge < -0.3 is 19.9 Å². The minimum Gasteiger partial charge on any atom is -0.505 e. The maximum absolute atomic E-state index is 12.3. The molecule has 4 rings (SSSR count). The number of rotatable bonds is 5. The zero-order valence-corrected chi connectivity index (χ0v) is 15.6. The van der Waals surface area contributed by atoms with Crippen LogP contribution in [-0.4, -0.2) is 45.6 Å². The first-order chi connectivity index (χ1) is 13.6. The number of aromatic nitrogens is 3. The molecule has 1 atom stereocenters. The molecule has 1 aromatic carbocycles. The first-order valence-corrected chi connectivity index (χ1v) is 9.24. The molecule has 0 aliphatic carbocycles. The van der Waals surface area contributed by atoms with E-state index in [1.54, 1.807) is 16.8 Å². The lowest BCUT2D eigenvalue weighted by atomic mass is 10.0. The maximum atomic E-state index is 12.3. The van der Waals surface area contributed by atoms with Gasteiger partial charge in [0.15, 0.2) is 5.69 Å². The van der Waals surface area contributed by atoms with E-state index in [1.165, 1.54) is 12.3 Å². The molecule has 8 heteroatoms. The SMILES string of the molecule is Cn1nc(OCC2CCCOC2)c2ccc(NC(=O)c3ncccc3O)cc21. The first kappa shape index (κ1) is 18.2. The number of fused-ring (bicyclic) bond motifs is 1. The summed E-state index contributed by atoms with van der Waals surface area (Å²) in [5, 5.41) is 17.9. The van der Waals surface area contributed by atoms with E-state index in [0.29, 0.717) is 24.1 Å². The lowest BCUT2D eigenvalue weighted by Gasteiger charge is -2.21. The van der Waals surface area contributed by atoms with Crippen LogP contribution in [0.2, 0.25) is 0 Å². The quantitative estimate of drug-likeness (QED) is 0.704. The van der Waals surface area contributed by atoms with Crippen molar-refractivity contribution in [3.05, 3.63) is 42.2 Å². The van der Waals surface area contributed by atoms with Gasteiger partial charge in [0, 0.05) is 31.5 Å². The second kappa shape index (κ2) is 7.85. The molecular weight excluding hydrogens is 360 g/mol. The highest BCUT2D eigenvalue weighted by Gasteiger charge is 2.18. The summed E-state index contributed by atoms with van der Waals surface area (Å²) in [6.07, 6.45) is 3.62. The number of benzene rings is 1. The van der Waals surface area contributed by atoms with Crippen LogP contribution in [0.4, 0.5) is 5.69 Å². The van der Waals surface area contributed by atoms with E-state index in [-0.39, 0.29) is 11.4 Å². The highest BCUT2D eigenvalue weighted by molar-refractivity contribution is 6.05. The zero-order chi connectivity index (χ0) is 19.5. The van der Waals surface area contributed by atoms with Crippen molar-refractivity contribution in [1.82, 2.24) is 14.8 Å². The fourth-order valence-corrected chi connectivity index (χ4v) is 3.31. The number of pyridine rings is 1. The predicted octanol–water partition coefficient (Wildman–Crippen LogP) is 2.73. The molecule has 3 aromatic rings. The van der Waals surface area contributed by atoms with Crippen molar-refractivity contribution in [3.8, 4) is 11.6 Å². The van der Waals surface area contributed by atoms with Gasteiger partial charge in [-0.25, -0.2) is 4.98 Å². The van der Waals surface area contributed by atoms with Crippen LogP contribution in [-0.2, 0) is 11.8 Å². The predicted molar refractivity (Wildman–Crippen MR) is 104 cm³/mol. The molecular formula is C20H22N4O4. The third kappa shape index (κ3) is 3.77. The summed E-state index contributed by atoms with van der Waals surface area (Å²) in [5.74, 6) is 0.316. The molecule has 0 radical (unpaired) electrons. The Morgan fingerprint density at radius 2 is 2.32 bits per heavy atom. The van der Waals surface area contributed by atoms with Crippen LogP contribution < -0.4 is 10.1 Å². The van der Waals surface area contributed by atoms with Gasteiger partial charge in [0.2, 0.25) is 5.88 Å². The summed E-state index contributed by atoms with van der Waals surface area (Å²) in [7, 11) is 1.83. The third-order valence-electron chi connectivity index (χ3n) is 4.79. The average Bonchev–Trinajstić information content (AvgIpc) is 3.03. The number of carbonyl (C=O) groups excluding carboxylic acids is 1. The third-order valence-corrected chi connectivity index (χ3v) is 4.79. The van der Waals surface area contributed by atoms with Gasteiger partial charge in [0.1, 0.15) is 5.75 Å². The Hall–Kier alpha value is -3.13. The van der Waals surface area contributed by atoms with Gasteiger partial charge in [-0.1, -0.05) is 0 Å². The van der Waals surface area contributed by atoms with Gasteiger partial charge >= 0.3 is 0 Å². The molecule has 0 bridgehead atoms. The van der Waals surface area contributed by atoms with Crippen molar-refractivity contribution in [2.45, 2.75) is 12.8 Å². The summed E-state index contributed by atoms with van der Waals surface area (Å²) in [6.45, 7) is 2.12. The van der Waals surface area contributed by atoms with Gasteiger partial charge in [-0.15, -0.1) is 5.10 Å². The number of hydrogen-bond acceptors (Lipinski definition) is 6. The standard InChI is InChI=1S/C20H22N4O4/c1-24-16-10-14(22-19(26)18-17(25)5-2-8-21-18)6-7-15(16)20(23-24)28-12-13-4-3-9-27-11-13/h2,5-8,10,13,25H,3-4,9,11-12H2,1H3,(H,22,26). The monoisotopic (exact) mass is 382 g/mol. The van der Waals surface area contributed by atoms with Crippen LogP contribution in [0.3, 0.4) is 0 Å². The van der Waals surface area contributed by atoms with Gasteiger partial charge in [0.05, 0.1) is 24.1 Å². The second-order valence-electron chi connectivity index (χ2n) is 6.88. The van der Waals surface area contributed by atoms with Crippen LogP contribution in [0.25, 0.3) is 10.9 Å². The van der Waals surface area contributed by atoms with E-state index in [4.69, 9.17) is 9.47 Å². The van der Waals surface area contributed by atoms with E-state index >= 15 is 0 Å². The maximum Gasteiger partial charge on any atom is 0.278 e. The zero-order valence-electron chi connectivity index (χ0n) is 15.6. The number of nitrogens with zero attached hydrogens (tertiary/aromatic N) is 3. The van der Waals surface area contributed by atoms with E-state index in [2.05, 4.69) is 15.4 Å². The lowest BCUT2D eigenvalue weighted by Crippen LogP contribution is -2.23. The molecule has 1 aliphatic heterocycles. The molecule has 1 saturated heterocycles. The average molecular weight is 382 g/mol. The summed E-state index contributed by atoms with van der Waals surface area (Å²) in [6, 6.07) is 8.44. The van der Waals surface area contributed by atoms with Gasteiger partial charge in [-0.2, -0.15) is 0 Å². The van der Waals surface area contributed by atoms with E-state index in [1.807, 2.05) is 19.2 Å². The summed E-state index contributed by atoms with van der Waals surface area (Å²) < 4.78 is 13.2. The number of amides is 1. The molecule has 28 heavy (non-hydrogen) atoms. The molecule has 8 nitrogen and oxygen atoms in total. The van der Waals surface area contributed by atoms with Crippen LogP contribution in [0.15, 0.2) is 36.5 Å². The number of anilines is 1. The molecule has 146 valence electrons. The first-order valence-electron chi connectivity index (χ1n) is 9.24. The number of ether oxygens (including phenoxy) is 2. The minimum absolute atomic E-state index is 0.0219. The molecule has 3 heterocycles. The number of hydrogen-bond donors (Lipinski definition) is 2. The van der Waals surface area contributed by atoms with Crippen LogP contribution in [0.1, 0.15) is 23.3 Å². The Morgan fingerprint density at radius 3 is 3.11 bits per heavy atom. The van der Waals surface area contributed by atoms with Crippen LogP contribution in [0.5, 0.6) is 11.6 Å². The van der Waals surface area contributed by atoms with E-state index < -0.39 is 5.91 Å². The fraction of sp³-hybridized carbons (Fsp3) is 0.350. The Kier molecular flexibility index (Phi) is 5.12. The number of carbonyl (C=O) groups is 1. The van der Waals surface area contributed by atoms with Crippen molar-refractivity contribution in [2.24, 2.45) is 13.0 Å². The van der Waals surface area contributed by atoms with Crippen molar-refractivity contribution in [3.63, 3.8) is 0 Å². The second-order valence-corrected chi connectivity index (χ2v) is 6.88.